The molecule has 116 valence electrons. The molecule has 0 spiro atoms. The van der Waals surface area contributed by atoms with Crippen molar-refractivity contribution >= 4 is 17.3 Å². The highest BCUT2D eigenvalue weighted by Crippen LogP contribution is 2.27. The summed E-state index contributed by atoms with van der Waals surface area (Å²) in [6.45, 7) is 5.78. The van der Waals surface area contributed by atoms with E-state index in [9.17, 15) is 0 Å². The highest BCUT2D eigenvalue weighted by Gasteiger charge is 2.13. The van der Waals surface area contributed by atoms with Crippen LogP contribution < -0.4 is 15.0 Å². The molecule has 1 aliphatic heterocycles. The molecule has 2 heterocycles. The average Bonchev–Trinajstić information content (AvgIpc) is 2.58. The normalized spacial score (nSPS) is 14.7. The maximum atomic E-state index is 5.62. The van der Waals surface area contributed by atoms with Gasteiger partial charge in [0, 0.05) is 19.2 Å². The van der Waals surface area contributed by atoms with E-state index in [2.05, 4.69) is 20.2 Å². The third-order valence-corrected chi connectivity index (χ3v) is 3.44. The largest absolute Gasteiger partial charge is 0.492 e. The highest BCUT2D eigenvalue weighted by atomic mass is 16.5. The smallest absolute Gasteiger partial charge is 0.142 e. The minimum atomic E-state index is 0.626. The predicted octanol–water partition coefficient (Wildman–Crippen LogP) is 2.46. The fourth-order valence-corrected chi connectivity index (χ4v) is 2.37. The Hall–Kier alpha value is -2.34. The van der Waals surface area contributed by atoms with E-state index < -0.39 is 0 Å². The molecule has 1 N–H and O–H groups in total. The first-order chi connectivity index (χ1) is 10.9. The SMILES string of the molecule is CCOc1ccccc1Nc1cc(N2CCOCC2)ncn1. The Balaban J connectivity index is 1.78. The second kappa shape index (κ2) is 7.09. The van der Waals surface area contributed by atoms with Gasteiger partial charge in [-0.3, -0.25) is 0 Å². The lowest BCUT2D eigenvalue weighted by Crippen LogP contribution is -2.36. The Morgan fingerprint density at radius 1 is 1.23 bits per heavy atom. The Kier molecular flexibility index (Phi) is 4.70. The minimum Gasteiger partial charge on any atom is -0.492 e. The molecule has 0 bridgehead atoms. The molecule has 1 aromatic heterocycles. The van der Waals surface area contributed by atoms with Crippen molar-refractivity contribution in [3.63, 3.8) is 0 Å². The first-order valence-corrected chi connectivity index (χ1v) is 7.50. The topological polar surface area (TPSA) is 59.5 Å². The molecule has 0 aliphatic carbocycles. The molecule has 1 aliphatic rings. The van der Waals surface area contributed by atoms with Crippen molar-refractivity contribution in [1.82, 2.24) is 9.97 Å². The van der Waals surface area contributed by atoms with Gasteiger partial charge in [0.25, 0.3) is 0 Å². The van der Waals surface area contributed by atoms with Gasteiger partial charge in [-0.25, -0.2) is 9.97 Å². The van der Waals surface area contributed by atoms with Crippen LogP contribution in [0.1, 0.15) is 6.92 Å². The summed E-state index contributed by atoms with van der Waals surface area (Å²) >= 11 is 0. The minimum absolute atomic E-state index is 0.626. The van der Waals surface area contributed by atoms with Gasteiger partial charge in [-0.1, -0.05) is 12.1 Å². The molecule has 0 saturated carbocycles. The van der Waals surface area contributed by atoms with Crippen LogP contribution in [0.4, 0.5) is 17.3 Å². The summed E-state index contributed by atoms with van der Waals surface area (Å²) in [5.41, 5.74) is 0.899. The first kappa shape index (κ1) is 14.6. The number of rotatable bonds is 5. The zero-order chi connectivity index (χ0) is 15.2. The summed E-state index contributed by atoms with van der Waals surface area (Å²) in [6.07, 6.45) is 1.58. The fourth-order valence-electron chi connectivity index (χ4n) is 2.37. The van der Waals surface area contributed by atoms with Crippen molar-refractivity contribution in [1.29, 1.82) is 0 Å². The molecule has 2 aromatic rings. The van der Waals surface area contributed by atoms with Crippen molar-refractivity contribution in [2.75, 3.05) is 43.1 Å². The van der Waals surface area contributed by atoms with Gasteiger partial charge < -0.3 is 19.7 Å². The molecule has 0 amide bonds. The number of nitrogens with one attached hydrogen (secondary N) is 1. The molecular weight excluding hydrogens is 280 g/mol. The van der Waals surface area contributed by atoms with Crippen LogP contribution in [0.2, 0.25) is 0 Å². The Bertz CT molecular complexity index is 615. The zero-order valence-electron chi connectivity index (χ0n) is 12.7. The van der Waals surface area contributed by atoms with Gasteiger partial charge in [-0.05, 0) is 19.1 Å². The number of ether oxygens (including phenoxy) is 2. The van der Waals surface area contributed by atoms with Gasteiger partial charge in [-0.15, -0.1) is 0 Å². The molecule has 0 unspecified atom stereocenters. The Labute approximate surface area is 130 Å². The van der Waals surface area contributed by atoms with Crippen molar-refractivity contribution in [3.8, 4) is 5.75 Å². The highest BCUT2D eigenvalue weighted by molar-refractivity contribution is 5.65. The van der Waals surface area contributed by atoms with Crippen LogP contribution in [0.3, 0.4) is 0 Å². The number of hydrogen-bond donors (Lipinski definition) is 1. The number of morpholine rings is 1. The van der Waals surface area contributed by atoms with E-state index in [4.69, 9.17) is 9.47 Å². The maximum Gasteiger partial charge on any atom is 0.142 e. The Morgan fingerprint density at radius 2 is 2.05 bits per heavy atom. The Morgan fingerprint density at radius 3 is 2.86 bits per heavy atom. The van der Waals surface area contributed by atoms with Crippen LogP contribution in [0.15, 0.2) is 36.7 Å². The van der Waals surface area contributed by atoms with E-state index in [0.717, 1.165) is 49.4 Å². The monoisotopic (exact) mass is 300 g/mol. The van der Waals surface area contributed by atoms with Crippen molar-refractivity contribution in [2.24, 2.45) is 0 Å². The maximum absolute atomic E-state index is 5.62. The molecule has 0 atom stereocenters. The van der Waals surface area contributed by atoms with E-state index >= 15 is 0 Å². The molecular formula is C16H20N4O2. The van der Waals surface area contributed by atoms with Gasteiger partial charge in [-0.2, -0.15) is 0 Å². The number of anilines is 3. The molecule has 6 nitrogen and oxygen atoms in total. The van der Waals surface area contributed by atoms with Crippen molar-refractivity contribution in [3.05, 3.63) is 36.7 Å². The van der Waals surface area contributed by atoms with E-state index in [-0.39, 0.29) is 0 Å². The standard InChI is InChI=1S/C16H20N4O2/c1-2-22-14-6-4-3-5-13(14)19-15-11-16(18-12-17-15)20-7-9-21-10-8-20/h3-6,11-12H,2,7-10H2,1H3,(H,17,18,19). The molecule has 1 fully saturated rings. The lowest BCUT2D eigenvalue weighted by Gasteiger charge is -2.27. The summed E-state index contributed by atoms with van der Waals surface area (Å²) in [5.74, 6) is 2.48. The van der Waals surface area contributed by atoms with Gasteiger partial charge >= 0.3 is 0 Å². The van der Waals surface area contributed by atoms with Gasteiger partial charge in [0.2, 0.25) is 0 Å². The third kappa shape index (κ3) is 3.46. The summed E-state index contributed by atoms with van der Waals surface area (Å²) in [5, 5.41) is 3.30. The quantitative estimate of drug-likeness (QED) is 0.915. The van der Waals surface area contributed by atoms with Crippen LogP contribution in [-0.4, -0.2) is 42.9 Å². The summed E-state index contributed by atoms with van der Waals surface area (Å²) in [6, 6.07) is 9.79. The summed E-state index contributed by atoms with van der Waals surface area (Å²) in [7, 11) is 0. The average molecular weight is 300 g/mol. The number of hydrogen-bond acceptors (Lipinski definition) is 6. The number of benzene rings is 1. The summed E-state index contributed by atoms with van der Waals surface area (Å²) < 4.78 is 11.0. The lowest BCUT2D eigenvalue weighted by molar-refractivity contribution is 0.122. The third-order valence-electron chi connectivity index (χ3n) is 3.44. The summed E-state index contributed by atoms with van der Waals surface area (Å²) in [4.78, 5) is 10.8. The number of nitrogens with zero attached hydrogens (tertiary/aromatic N) is 3. The van der Waals surface area contributed by atoms with Gasteiger partial charge in [0.15, 0.2) is 0 Å². The van der Waals surface area contributed by atoms with Crippen LogP contribution in [0.25, 0.3) is 0 Å². The van der Waals surface area contributed by atoms with E-state index in [1.165, 1.54) is 0 Å². The van der Waals surface area contributed by atoms with Crippen LogP contribution >= 0.6 is 0 Å². The van der Waals surface area contributed by atoms with Crippen LogP contribution in [0, 0.1) is 0 Å². The molecule has 22 heavy (non-hydrogen) atoms. The molecule has 1 aromatic carbocycles. The molecule has 3 rings (SSSR count). The fraction of sp³-hybridized carbons (Fsp3) is 0.375. The van der Waals surface area contributed by atoms with Crippen molar-refractivity contribution < 1.29 is 9.47 Å². The lowest BCUT2D eigenvalue weighted by atomic mass is 10.3. The molecule has 0 radical (unpaired) electrons. The van der Waals surface area contributed by atoms with Crippen molar-refractivity contribution in [2.45, 2.75) is 6.92 Å². The zero-order valence-corrected chi connectivity index (χ0v) is 12.7. The van der Waals surface area contributed by atoms with Gasteiger partial charge in [0.05, 0.1) is 25.5 Å². The van der Waals surface area contributed by atoms with Gasteiger partial charge in [0.1, 0.15) is 23.7 Å². The van der Waals surface area contributed by atoms with E-state index in [0.29, 0.717) is 6.61 Å². The first-order valence-electron chi connectivity index (χ1n) is 7.50. The van der Waals surface area contributed by atoms with Crippen LogP contribution in [-0.2, 0) is 4.74 Å². The van der Waals surface area contributed by atoms with Crippen LogP contribution in [0.5, 0.6) is 5.75 Å². The molecule has 1 saturated heterocycles. The predicted molar refractivity (Wildman–Crippen MR) is 86.0 cm³/mol. The molecule has 6 heteroatoms. The number of aromatic nitrogens is 2. The van der Waals surface area contributed by atoms with E-state index in [1.54, 1.807) is 6.33 Å². The second-order valence-electron chi connectivity index (χ2n) is 4.92. The number of para-hydroxylation sites is 2. The van der Waals surface area contributed by atoms with E-state index in [1.807, 2.05) is 37.3 Å². The second-order valence-corrected chi connectivity index (χ2v) is 4.92.